The van der Waals surface area contributed by atoms with Gasteiger partial charge in [0.2, 0.25) is 0 Å². The molecule has 0 saturated carbocycles. The van der Waals surface area contributed by atoms with Gasteiger partial charge < -0.3 is 9.47 Å². The summed E-state index contributed by atoms with van der Waals surface area (Å²) in [6, 6.07) is 7.96. The molecule has 0 aromatic heterocycles. The van der Waals surface area contributed by atoms with Gasteiger partial charge in [-0.25, -0.2) is 5.84 Å². The number of rotatable bonds is 6. The zero-order valence-electron chi connectivity index (χ0n) is 12.5. The van der Waals surface area contributed by atoms with Crippen LogP contribution in [0.2, 0.25) is 0 Å². The van der Waals surface area contributed by atoms with Crippen molar-refractivity contribution in [1.82, 2.24) is 10.3 Å². The minimum Gasteiger partial charge on any atom is -0.496 e. The number of hydrogen-bond acceptors (Lipinski definition) is 5. The first kappa shape index (κ1) is 15.8. The summed E-state index contributed by atoms with van der Waals surface area (Å²) in [6.07, 6.45) is 1.23. The van der Waals surface area contributed by atoms with Crippen LogP contribution in [0.5, 0.6) is 5.75 Å². The number of para-hydroxylation sites is 1. The number of carbonyl (C=O) groups is 1. The summed E-state index contributed by atoms with van der Waals surface area (Å²) in [5.74, 6) is 5.77. The zero-order valence-corrected chi connectivity index (χ0v) is 12.5. The van der Waals surface area contributed by atoms with Crippen LogP contribution in [0.1, 0.15) is 18.4 Å². The molecule has 6 heteroatoms. The second kappa shape index (κ2) is 7.40. The lowest BCUT2D eigenvalue weighted by atomic mass is 10.1. The average molecular weight is 293 g/mol. The van der Waals surface area contributed by atoms with Crippen LogP contribution in [0.25, 0.3) is 0 Å². The number of nitrogens with one attached hydrogen (secondary N) is 1. The number of nitrogens with two attached hydrogens (primary N) is 1. The average Bonchev–Trinajstić information content (AvgIpc) is 2.95. The van der Waals surface area contributed by atoms with Gasteiger partial charge in [0.05, 0.1) is 13.2 Å². The topological polar surface area (TPSA) is 76.8 Å². The summed E-state index contributed by atoms with van der Waals surface area (Å²) in [5, 5.41) is 0. The van der Waals surface area contributed by atoms with E-state index in [1.165, 1.54) is 0 Å². The Morgan fingerprint density at radius 2 is 2.24 bits per heavy atom. The molecule has 2 atom stereocenters. The molecule has 21 heavy (non-hydrogen) atoms. The van der Waals surface area contributed by atoms with Gasteiger partial charge in [0.15, 0.2) is 0 Å². The lowest BCUT2D eigenvalue weighted by Gasteiger charge is -2.22. The van der Waals surface area contributed by atoms with Crippen molar-refractivity contribution in [2.24, 2.45) is 5.84 Å². The number of hydrazine groups is 1. The maximum atomic E-state index is 11.4. The van der Waals surface area contributed by atoms with Gasteiger partial charge in [-0.15, -0.1) is 0 Å². The van der Waals surface area contributed by atoms with E-state index >= 15 is 0 Å². The first-order chi connectivity index (χ1) is 10.1. The maximum absolute atomic E-state index is 11.4. The third-order valence-corrected chi connectivity index (χ3v) is 3.69. The predicted molar refractivity (Wildman–Crippen MR) is 79.6 cm³/mol. The largest absolute Gasteiger partial charge is 0.496 e. The fourth-order valence-electron chi connectivity index (χ4n) is 2.66. The maximum Gasteiger partial charge on any atom is 0.263 e. The molecular formula is C15H23N3O3. The van der Waals surface area contributed by atoms with E-state index in [2.05, 4.69) is 16.4 Å². The fourth-order valence-corrected chi connectivity index (χ4v) is 2.66. The minimum absolute atomic E-state index is 0.0620. The first-order valence-electron chi connectivity index (χ1n) is 7.10. The van der Waals surface area contributed by atoms with E-state index in [1.807, 2.05) is 25.2 Å². The Kier molecular flexibility index (Phi) is 5.55. The molecular weight excluding hydrogens is 270 g/mol. The van der Waals surface area contributed by atoms with Crippen molar-refractivity contribution in [3.8, 4) is 5.75 Å². The van der Waals surface area contributed by atoms with Crippen LogP contribution in [0.15, 0.2) is 24.3 Å². The van der Waals surface area contributed by atoms with Crippen molar-refractivity contribution < 1.29 is 14.3 Å². The van der Waals surface area contributed by atoms with Gasteiger partial charge in [-0.2, -0.15) is 0 Å². The lowest BCUT2D eigenvalue weighted by Crippen LogP contribution is -2.39. The number of benzene rings is 1. The standard InChI is InChI=1S/C15H23N3O3/c1-18(9-11-5-3-4-6-13(11)20-2)10-12-7-8-14(21-12)15(19)17-16/h3-6,12,14H,7-10,16H2,1-2H3,(H,17,19). The Labute approximate surface area is 125 Å². The highest BCUT2D eigenvalue weighted by Crippen LogP contribution is 2.22. The molecule has 1 aliphatic heterocycles. The van der Waals surface area contributed by atoms with Gasteiger partial charge in [0.25, 0.3) is 5.91 Å². The summed E-state index contributed by atoms with van der Waals surface area (Å²) in [5.41, 5.74) is 3.28. The molecule has 2 unspecified atom stereocenters. The van der Waals surface area contributed by atoms with Gasteiger partial charge >= 0.3 is 0 Å². The molecule has 0 spiro atoms. The third-order valence-electron chi connectivity index (χ3n) is 3.69. The number of ether oxygens (including phenoxy) is 2. The second-order valence-corrected chi connectivity index (χ2v) is 5.34. The van der Waals surface area contributed by atoms with Gasteiger partial charge in [-0.3, -0.25) is 15.1 Å². The molecule has 2 rings (SSSR count). The molecule has 3 N–H and O–H groups in total. The molecule has 116 valence electrons. The van der Waals surface area contributed by atoms with Gasteiger partial charge in [-0.1, -0.05) is 18.2 Å². The van der Waals surface area contributed by atoms with Crippen LogP contribution >= 0.6 is 0 Å². The minimum atomic E-state index is -0.417. The SMILES string of the molecule is COc1ccccc1CN(C)CC1CCC(C(=O)NN)O1. The van der Waals surface area contributed by atoms with Crippen molar-refractivity contribution in [1.29, 1.82) is 0 Å². The smallest absolute Gasteiger partial charge is 0.263 e. The molecule has 1 aromatic carbocycles. The van der Waals surface area contributed by atoms with E-state index in [-0.39, 0.29) is 12.0 Å². The highest BCUT2D eigenvalue weighted by molar-refractivity contribution is 5.80. The Bertz CT molecular complexity index is 481. The van der Waals surface area contributed by atoms with E-state index in [4.69, 9.17) is 15.3 Å². The van der Waals surface area contributed by atoms with Crippen molar-refractivity contribution in [3.63, 3.8) is 0 Å². The van der Waals surface area contributed by atoms with Crippen LogP contribution in [0.4, 0.5) is 0 Å². The first-order valence-corrected chi connectivity index (χ1v) is 7.10. The van der Waals surface area contributed by atoms with Crippen LogP contribution in [-0.2, 0) is 16.1 Å². The summed E-state index contributed by atoms with van der Waals surface area (Å²) >= 11 is 0. The molecule has 1 aromatic rings. The van der Waals surface area contributed by atoms with Crippen molar-refractivity contribution in [2.75, 3.05) is 20.7 Å². The number of carbonyl (C=O) groups excluding carboxylic acids is 1. The van der Waals surface area contributed by atoms with Crippen LogP contribution < -0.4 is 16.0 Å². The molecule has 1 fully saturated rings. The van der Waals surface area contributed by atoms with Crippen LogP contribution in [-0.4, -0.2) is 43.7 Å². The van der Waals surface area contributed by atoms with Gasteiger partial charge in [0.1, 0.15) is 11.9 Å². The van der Waals surface area contributed by atoms with Crippen LogP contribution in [0, 0.1) is 0 Å². The van der Waals surface area contributed by atoms with E-state index < -0.39 is 6.10 Å². The Morgan fingerprint density at radius 1 is 1.48 bits per heavy atom. The van der Waals surface area contributed by atoms with Crippen molar-refractivity contribution in [2.45, 2.75) is 31.6 Å². The van der Waals surface area contributed by atoms with Crippen molar-refractivity contribution in [3.05, 3.63) is 29.8 Å². The molecule has 0 aliphatic carbocycles. The number of amides is 1. The van der Waals surface area contributed by atoms with E-state index in [1.54, 1.807) is 7.11 Å². The monoisotopic (exact) mass is 293 g/mol. The summed E-state index contributed by atoms with van der Waals surface area (Å²) in [7, 11) is 3.71. The number of nitrogens with zero attached hydrogens (tertiary/aromatic N) is 1. The highest BCUT2D eigenvalue weighted by Gasteiger charge is 2.30. The summed E-state index contributed by atoms with van der Waals surface area (Å²) < 4.78 is 11.1. The molecule has 0 bridgehead atoms. The fraction of sp³-hybridized carbons (Fsp3) is 0.533. The summed E-state index contributed by atoms with van der Waals surface area (Å²) in [4.78, 5) is 13.6. The molecule has 6 nitrogen and oxygen atoms in total. The van der Waals surface area contributed by atoms with Gasteiger partial charge in [0, 0.05) is 18.7 Å². The number of hydrogen-bond donors (Lipinski definition) is 2. The molecule has 1 heterocycles. The second-order valence-electron chi connectivity index (χ2n) is 5.34. The highest BCUT2D eigenvalue weighted by atomic mass is 16.5. The normalized spacial score (nSPS) is 21.5. The quantitative estimate of drug-likeness (QED) is 0.458. The number of methoxy groups -OCH3 is 1. The van der Waals surface area contributed by atoms with E-state index in [9.17, 15) is 4.79 Å². The molecule has 1 saturated heterocycles. The molecule has 1 amide bonds. The lowest BCUT2D eigenvalue weighted by molar-refractivity contribution is -0.132. The summed E-state index contributed by atoms with van der Waals surface area (Å²) in [6.45, 7) is 1.55. The number of likely N-dealkylation sites (N-methyl/N-ethyl adjacent to an activating group) is 1. The van der Waals surface area contributed by atoms with E-state index in [0.717, 1.165) is 37.2 Å². The Morgan fingerprint density at radius 3 is 2.95 bits per heavy atom. The zero-order chi connectivity index (χ0) is 15.2. The predicted octanol–water partition coefficient (Wildman–Crippen LogP) is 0.665. The molecule has 1 aliphatic rings. The Balaban J connectivity index is 1.85. The Hall–Kier alpha value is -1.63. The van der Waals surface area contributed by atoms with Gasteiger partial charge in [-0.05, 0) is 26.0 Å². The van der Waals surface area contributed by atoms with Crippen LogP contribution in [0.3, 0.4) is 0 Å². The van der Waals surface area contributed by atoms with Crippen molar-refractivity contribution >= 4 is 5.91 Å². The third kappa shape index (κ3) is 4.17. The molecule has 0 radical (unpaired) electrons. The van der Waals surface area contributed by atoms with E-state index in [0.29, 0.717) is 0 Å².